The molecule has 1 aliphatic rings. The predicted octanol–water partition coefficient (Wildman–Crippen LogP) is 4.50. The Morgan fingerprint density at radius 2 is 2.00 bits per heavy atom. The van der Waals surface area contributed by atoms with E-state index < -0.39 is 5.60 Å². The van der Waals surface area contributed by atoms with Gasteiger partial charge in [0.05, 0.1) is 16.4 Å². The molecule has 0 saturated carbocycles. The van der Waals surface area contributed by atoms with Crippen LogP contribution in [0.25, 0.3) is 0 Å². The molecular formula is C16H23BrClN3O2. The van der Waals surface area contributed by atoms with Gasteiger partial charge in [0.25, 0.3) is 0 Å². The molecule has 2 rings (SSSR count). The zero-order chi connectivity index (χ0) is 17.2. The van der Waals surface area contributed by atoms with Crippen molar-refractivity contribution in [1.29, 1.82) is 0 Å². The van der Waals surface area contributed by atoms with Gasteiger partial charge in [-0.1, -0.05) is 11.6 Å². The Morgan fingerprint density at radius 3 is 2.57 bits per heavy atom. The monoisotopic (exact) mass is 403 g/mol. The van der Waals surface area contributed by atoms with Crippen molar-refractivity contribution < 1.29 is 9.53 Å². The van der Waals surface area contributed by atoms with E-state index in [9.17, 15) is 4.79 Å². The summed E-state index contributed by atoms with van der Waals surface area (Å²) in [6.07, 6.45) is 1.43. The number of rotatable bonds is 2. The van der Waals surface area contributed by atoms with E-state index in [1.807, 2.05) is 26.8 Å². The van der Waals surface area contributed by atoms with Crippen LogP contribution in [0.3, 0.4) is 0 Å². The van der Waals surface area contributed by atoms with Crippen LogP contribution in [0.4, 0.5) is 16.2 Å². The van der Waals surface area contributed by atoms with Crippen molar-refractivity contribution in [2.24, 2.45) is 0 Å². The summed E-state index contributed by atoms with van der Waals surface area (Å²) >= 11 is 9.47. The first-order valence-corrected chi connectivity index (χ1v) is 8.82. The van der Waals surface area contributed by atoms with Gasteiger partial charge in [0.15, 0.2) is 0 Å². The lowest BCUT2D eigenvalue weighted by Gasteiger charge is -2.34. The number of likely N-dealkylation sites (tertiary alicyclic amines) is 1. The van der Waals surface area contributed by atoms with E-state index in [1.165, 1.54) is 0 Å². The molecule has 1 aromatic rings. The minimum absolute atomic E-state index is 0.248. The van der Waals surface area contributed by atoms with Crippen LogP contribution < -0.4 is 11.1 Å². The summed E-state index contributed by atoms with van der Waals surface area (Å²) in [6, 6.07) is 3.87. The van der Waals surface area contributed by atoms with Gasteiger partial charge in [-0.15, -0.1) is 0 Å². The largest absolute Gasteiger partial charge is 0.444 e. The molecule has 3 N–H and O–H groups in total. The van der Waals surface area contributed by atoms with Gasteiger partial charge in [-0.3, -0.25) is 0 Å². The maximum atomic E-state index is 12.1. The second-order valence-corrected chi connectivity index (χ2v) is 8.00. The van der Waals surface area contributed by atoms with E-state index in [2.05, 4.69) is 21.2 Å². The Labute approximate surface area is 150 Å². The summed E-state index contributed by atoms with van der Waals surface area (Å²) in [5.74, 6) is 0. The number of benzene rings is 1. The number of amides is 1. The van der Waals surface area contributed by atoms with Crippen LogP contribution >= 0.6 is 27.5 Å². The smallest absolute Gasteiger partial charge is 0.410 e. The Hall–Kier alpha value is -1.14. The molecule has 0 aliphatic carbocycles. The number of nitrogen functional groups attached to an aromatic ring is 1. The minimum atomic E-state index is -0.463. The highest BCUT2D eigenvalue weighted by molar-refractivity contribution is 9.10. The molecule has 1 saturated heterocycles. The first-order chi connectivity index (χ1) is 10.7. The number of nitrogens with zero attached hydrogens (tertiary/aromatic N) is 1. The van der Waals surface area contributed by atoms with Gasteiger partial charge < -0.3 is 20.7 Å². The average Bonchev–Trinajstić information content (AvgIpc) is 2.43. The number of nitrogens with two attached hydrogens (primary N) is 1. The Bertz CT molecular complexity index is 581. The summed E-state index contributed by atoms with van der Waals surface area (Å²) in [7, 11) is 0. The fourth-order valence-corrected chi connectivity index (χ4v) is 2.96. The summed E-state index contributed by atoms with van der Waals surface area (Å²) < 4.78 is 6.18. The molecule has 0 bridgehead atoms. The summed E-state index contributed by atoms with van der Waals surface area (Å²) in [5, 5.41) is 4.03. The Balaban J connectivity index is 1.90. The van der Waals surface area contributed by atoms with Gasteiger partial charge in [0, 0.05) is 23.6 Å². The molecular weight excluding hydrogens is 382 g/mol. The summed E-state index contributed by atoms with van der Waals surface area (Å²) in [4.78, 5) is 13.8. The van der Waals surface area contributed by atoms with Gasteiger partial charge in [0.1, 0.15) is 5.60 Å². The van der Waals surface area contributed by atoms with Gasteiger partial charge in [0.2, 0.25) is 0 Å². The number of carbonyl (C=O) groups excluding carboxylic acids is 1. The van der Waals surface area contributed by atoms with E-state index in [1.54, 1.807) is 11.0 Å². The number of carbonyl (C=O) groups is 1. The van der Waals surface area contributed by atoms with Crippen molar-refractivity contribution in [3.8, 4) is 0 Å². The van der Waals surface area contributed by atoms with Crippen LogP contribution in [0.5, 0.6) is 0 Å². The average molecular weight is 405 g/mol. The standard InChI is InChI=1S/C16H23BrClN3O2/c1-16(2,3)23-15(22)21-6-4-10(5-7-21)20-14-9-12(18)11(17)8-13(14)19/h8-10,20H,4-7,19H2,1-3H3. The van der Waals surface area contributed by atoms with Crippen LogP contribution in [0.2, 0.25) is 5.02 Å². The van der Waals surface area contributed by atoms with Crippen molar-refractivity contribution >= 4 is 45.0 Å². The molecule has 1 amide bonds. The van der Waals surface area contributed by atoms with E-state index >= 15 is 0 Å². The zero-order valence-electron chi connectivity index (χ0n) is 13.7. The third-order valence-electron chi connectivity index (χ3n) is 3.60. The Morgan fingerprint density at radius 1 is 1.39 bits per heavy atom. The summed E-state index contributed by atoms with van der Waals surface area (Å²) in [5.41, 5.74) is 7.03. The molecule has 0 spiro atoms. The lowest BCUT2D eigenvalue weighted by atomic mass is 10.0. The van der Waals surface area contributed by atoms with Gasteiger partial charge >= 0.3 is 6.09 Å². The van der Waals surface area contributed by atoms with Crippen molar-refractivity contribution in [3.05, 3.63) is 21.6 Å². The van der Waals surface area contributed by atoms with Crippen molar-refractivity contribution in [1.82, 2.24) is 4.90 Å². The third kappa shape index (κ3) is 5.18. The number of halogens is 2. The molecule has 5 nitrogen and oxygen atoms in total. The van der Waals surface area contributed by atoms with Crippen LogP contribution in [0.1, 0.15) is 33.6 Å². The Kier molecular flexibility index (Phi) is 5.68. The van der Waals surface area contributed by atoms with Gasteiger partial charge in [-0.05, 0) is 61.7 Å². The molecule has 0 radical (unpaired) electrons. The molecule has 0 atom stereocenters. The molecule has 1 fully saturated rings. The molecule has 23 heavy (non-hydrogen) atoms. The number of anilines is 2. The SMILES string of the molecule is CC(C)(C)OC(=O)N1CCC(Nc2cc(Cl)c(Br)cc2N)CC1. The highest BCUT2D eigenvalue weighted by atomic mass is 79.9. The second-order valence-electron chi connectivity index (χ2n) is 6.74. The highest BCUT2D eigenvalue weighted by Crippen LogP contribution is 2.32. The van der Waals surface area contributed by atoms with Crippen molar-refractivity contribution in [2.75, 3.05) is 24.1 Å². The van der Waals surface area contributed by atoms with Crippen LogP contribution in [-0.2, 0) is 4.74 Å². The predicted molar refractivity (Wildman–Crippen MR) is 98.0 cm³/mol. The first kappa shape index (κ1) is 18.2. The summed E-state index contributed by atoms with van der Waals surface area (Å²) in [6.45, 7) is 6.95. The van der Waals surface area contributed by atoms with Crippen LogP contribution in [0.15, 0.2) is 16.6 Å². The fraction of sp³-hybridized carbons (Fsp3) is 0.562. The van der Waals surface area contributed by atoms with Crippen LogP contribution in [-0.4, -0.2) is 35.7 Å². The normalized spacial score (nSPS) is 16.3. The molecule has 1 aliphatic heterocycles. The van der Waals surface area contributed by atoms with E-state index in [0.29, 0.717) is 23.8 Å². The third-order valence-corrected chi connectivity index (χ3v) is 4.80. The van der Waals surface area contributed by atoms with E-state index in [0.717, 1.165) is 23.0 Å². The molecule has 7 heteroatoms. The van der Waals surface area contributed by atoms with Crippen LogP contribution in [0, 0.1) is 0 Å². The molecule has 1 heterocycles. The molecule has 128 valence electrons. The fourth-order valence-electron chi connectivity index (χ4n) is 2.44. The topological polar surface area (TPSA) is 67.6 Å². The van der Waals surface area contributed by atoms with Crippen molar-refractivity contribution in [2.45, 2.75) is 45.3 Å². The second kappa shape index (κ2) is 7.18. The quantitative estimate of drug-likeness (QED) is 0.712. The maximum Gasteiger partial charge on any atom is 0.410 e. The molecule has 0 unspecified atom stereocenters. The lowest BCUT2D eigenvalue weighted by molar-refractivity contribution is 0.0210. The van der Waals surface area contributed by atoms with Gasteiger partial charge in [-0.25, -0.2) is 4.79 Å². The molecule has 0 aromatic heterocycles. The number of nitrogens with one attached hydrogen (secondary N) is 1. The molecule has 1 aromatic carbocycles. The number of ether oxygens (including phenoxy) is 1. The minimum Gasteiger partial charge on any atom is -0.444 e. The number of hydrogen-bond donors (Lipinski definition) is 2. The van der Waals surface area contributed by atoms with E-state index in [-0.39, 0.29) is 12.1 Å². The van der Waals surface area contributed by atoms with E-state index in [4.69, 9.17) is 22.1 Å². The number of hydrogen-bond acceptors (Lipinski definition) is 4. The maximum absolute atomic E-state index is 12.1. The zero-order valence-corrected chi connectivity index (χ0v) is 16.0. The lowest BCUT2D eigenvalue weighted by Crippen LogP contribution is -2.44. The number of piperidine rings is 1. The van der Waals surface area contributed by atoms with Gasteiger partial charge in [-0.2, -0.15) is 0 Å². The highest BCUT2D eigenvalue weighted by Gasteiger charge is 2.27. The first-order valence-electron chi connectivity index (χ1n) is 7.64. The van der Waals surface area contributed by atoms with Crippen molar-refractivity contribution in [3.63, 3.8) is 0 Å².